The molecule has 1 atom stereocenters. The third-order valence-corrected chi connectivity index (χ3v) is 5.99. The SMILES string of the molecule is CCC(c1ccccc1)N1CCN(C(=NC)NCCc2csc(C)n2)CC1. The second-order valence-corrected chi connectivity index (χ2v) is 8.00. The fourth-order valence-electron chi connectivity index (χ4n) is 3.78. The minimum Gasteiger partial charge on any atom is -0.356 e. The molecule has 0 saturated carbocycles. The number of thiazole rings is 1. The molecule has 1 aromatic carbocycles. The normalized spacial score (nSPS) is 17.1. The Morgan fingerprint density at radius 1 is 1.22 bits per heavy atom. The van der Waals surface area contributed by atoms with Crippen LogP contribution in [0, 0.1) is 6.92 Å². The lowest BCUT2D eigenvalue weighted by Gasteiger charge is -2.40. The van der Waals surface area contributed by atoms with Gasteiger partial charge < -0.3 is 10.2 Å². The van der Waals surface area contributed by atoms with E-state index in [9.17, 15) is 0 Å². The summed E-state index contributed by atoms with van der Waals surface area (Å²) < 4.78 is 0. The Morgan fingerprint density at radius 3 is 2.56 bits per heavy atom. The lowest BCUT2D eigenvalue weighted by molar-refractivity contribution is 0.127. The summed E-state index contributed by atoms with van der Waals surface area (Å²) in [6.07, 6.45) is 2.08. The van der Waals surface area contributed by atoms with Gasteiger partial charge in [0, 0.05) is 57.6 Å². The van der Waals surface area contributed by atoms with Crippen molar-refractivity contribution in [3.63, 3.8) is 0 Å². The van der Waals surface area contributed by atoms with E-state index in [4.69, 9.17) is 0 Å². The molecule has 0 spiro atoms. The fraction of sp³-hybridized carbons (Fsp3) is 0.524. The molecule has 6 heteroatoms. The molecule has 1 unspecified atom stereocenters. The number of aryl methyl sites for hydroxylation is 1. The first-order chi connectivity index (χ1) is 13.2. The summed E-state index contributed by atoms with van der Waals surface area (Å²) >= 11 is 1.72. The van der Waals surface area contributed by atoms with Gasteiger partial charge in [0.2, 0.25) is 0 Å². The average Bonchev–Trinajstić information content (AvgIpc) is 3.12. The highest BCUT2D eigenvalue weighted by molar-refractivity contribution is 7.09. The number of nitrogens with zero attached hydrogens (tertiary/aromatic N) is 4. The summed E-state index contributed by atoms with van der Waals surface area (Å²) in [5, 5.41) is 6.79. The van der Waals surface area contributed by atoms with Crippen molar-refractivity contribution in [3.8, 4) is 0 Å². The van der Waals surface area contributed by atoms with Gasteiger partial charge in [-0.1, -0.05) is 37.3 Å². The zero-order chi connectivity index (χ0) is 19.1. The van der Waals surface area contributed by atoms with Crippen LogP contribution in [-0.4, -0.2) is 60.5 Å². The van der Waals surface area contributed by atoms with Crippen molar-refractivity contribution in [3.05, 3.63) is 52.0 Å². The Balaban J connectivity index is 1.49. The topological polar surface area (TPSA) is 43.8 Å². The number of guanidine groups is 1. The van der Waals surface area contributed by atoms with E-state index >= 15 is 0 Å². The van der Waals surface area contributed by atoms with E-state index < -0.39 is 0 Å². The summed E-state index contributed by atoms with van der Waals surface area (Å²) in [6.45, 7) is 9.37. The standard InChI is InChI=1S/C21H31N5S/c1-4-20(18-8-6-5-7-9-18)25-12-14-26(15-13-25)21(22-3)23-11-10-19-16-27-17(2)24-19/h5-9,16,20H,4,10-15H2,1-3H3,(H,22,23). The van der Waals surface area contributed by atoms with Crippen LogP contribution < -0.4 is 5.32 Å². The number of rotatable bonds is 6. The Labute approximate surface area is 167 Å². The third kappa shape index (κ3) is 5.30. The molecule has 1 aliphatic rings. The number of benzene rings is 1. The van der Waals surface area contributed by atoms with Crippen LogP contribution in [0.1, 0.15) is 35.7 Å². The first-order valence-corrected chi connectivity index (χ1v) is 10.7. The summed E-state index contributed by atoms with van der Waals surface area (Å²) in [6, 6.07) is 11.4. The summed E-state index contributed by atoms with van der Waals surface area (Å²) in [7, 11) is 1.88. The second kappa shape index (κ2) is 9.85. The quantitative estimate of drug-likeness (QED) is 0.612. The number of nitrogens with one attached hydrogen (secondary N) is 1. The summed E-state index contributed by atoms with van der Waals surface area (Å²) in [5.74, 6) is 1.01. The number of piperazine rings is 1. The number of aliphatic imine (C=N–C) groups is 1. The molecule has 3 rings (SSSR count). The molecule has 1 N–H and O–H groups in total. The van der Waals surface area contributed by atoms with E-state index in [1.165, 1.54) is 11.3 Å². The number of hydrogen-bond donors (Lipinski definition) is 1. The van der Waals surface area contributed by atoms with Gasteiger partial charge in [-0.15, -0.1) is 11.3 Å². The van der Waals surface area contributed by atoms with Crippen molar-refractivity contribution in [1.29, 1.82) is 0 Å². The maximum absolute atomic E-state index is 4.53. The molecule has 1 saturated heterocycles. The van der Waals surface area contributed by atoms with Gasteiger partial charge in [0.15, 0.2) is 5.96 Å². The highest BCUT2D eigenvalue weighted by Gasteiger charge is 2.25. The second-order valence-electron chi connectivity index (χ2n) is 6.94. The van der Waals surface area contributed by atoms with Crippen molar-refractivity contribution in [2.45, 2.75) is 32.7 Å². The maximum atomic E-state index is 4.53. The monoisotopic (exact) mass is 385 g/mol. The van der Waals surface area contributed by atoms with E-state index in [0.717, 1.165) is 56.5 Å². The molecular weight excluding hydrogens is 354 g/mol. The minimum absolute atomic E-state index is 0.510. The van der Waals surface area contributed by atoms with Crippen molar-refractivity contribution in [2.24, 2.45) is 4.99 Å². The molecule has 1 aromatic heterocycles. The molecular formula is C21H31N5S. The van der Waals surface area contributed by atoms with Crippen LogP contribution in [0.3, 0.4) is 0 Å². The van der Waals surface area contributed by atoms with Crippen LogP contribution >= 0.6 is 11.3 Å². The average molecular weight is 386 g/mol. The van der Waals surface area contributed by atoms with E-state index in [1.807, 2.05) is 7.05 Å². The van der Waals surface area contributed by atoms with E-state index in [0.29, 0.717) is 6.04 Å². The maximum Gasteiger partial charge on any atom is 0.193 e. The lowest BCUT2D eigenvalue weighted by atomic mass is 10.0. The molecule has 0 bridgehead atoms. The lowest BCUT2D eigenvalue weighted by Crippen LogP contribution is -2.53. The van der Waals surface area contributed by atoms with Crippen molar-refractivity contribution >= 4 is 17.3 Å². The zero-order valence-electron chi connectivity index (χ0n) is 16.7. The van der Waals surface area contributed by atoms with Crippen molar-refractivity contribution in [1.82, 2.24) is 20.1 Å². The van der Waals surface area contributed by atoms with Gasteiger partial charge in [-0.3, -0.25) is 9.89 Å². The number of hydrogen-bond acceptors (Lipinski definition) is 4. The summed E-state index contributed by atoms with van der Waals surface area (Å²) in [4.78, 5) is 14.0. The molecule has 2 aromatic rings. The minimum atomic E-state index is 0.510. The van der Waals surface area contributed by atoms with Gasteiger partial charge >= 0.3 is 0 Å². The van der Waals surface area contributed by atoms with E-state index in [1.54, 1.807) is 11.3 Å². The van der Waals surface area contributed by atoms with Crippen molar-refractivity contribution in [2.75, 3.05) is 39.8 Å². The molecule has 0 amide bonds. The van der Waals surface area contributed by atoms with E-state index in [-0.39, 0.29) is 0 Å². The van der Waals surface area contributed by atoms with Crippen LogP contribution in [0.2, 0.25) is 0 Å². The Hall–Kier alpha value is -1.92. The largest absolute Gasteiger partial charge is 0.356 e. The van der Waals surface area contributed by atoms with Gasteiger partial charge in [0.25, 0.3) is 0 Å². The van der Waals surface area contributed by atoms with Gasteiger partial charge in [-0.05, 0) is 18.9 Å². The molecule has 1 fully saturated rings. The predicted octanol–water partition coefficient (Wildman–Crippen LogP) is 3.34. The summed E-state index contributed by atoms with van der Waals surface area (Å²) in [5.41, 5.74) is 2.59. The number of aromatic nitrogens is 1. The highest BCUT2D eigenvalue weighted by atomic mass is 32.1. The third-order valence-electron chi connectivity index (χ3n) is 5.17. The molecule has 5 nitrogen and oxygen atoms in total. The zero-order valence-corrected chi connectivity index (χ0v) is 17.5. The molecule has 27 heavy (non-hydrogen) atoms. The first-order valence-electron chi connectivity index (χ1n) is 9.87. The van der Waals surface area contributed by atoms with Gasteiger partial charge in [0.1, 0.15) is 0 Å². The molecule has 0 radical (unpaired) electrons. The fourth-order valence-corrected chi connectivity index (χ4v) is 4.43. The van der Waals surface area contributed by atoms with Gasteiger partial charge in [-0.25, -0.2) is 4.98 Å². The van der Waals surface area contributed by atoms with Crippen LogP contribution in [0.4, 0.5) is 0 Å². The van der Waals surface area contributed by atoms with Crippen LogP contribution in [0.15, 0.2) is 40.7 Å². The highest BCUT2D eigenvalue weighted by Crippen LogP contribution is 2.25. The smallest absolute Gasteiger partial charge is 0.193 e. The first kappa shape index (κ1) is 19.8. The molecule has 146 valence electrons. The Bertz CT molecular complexity index is 719. The van der Waals surface area contributed by atoms with Gasteiger partial charge in [-0.2, -0.15) is 0 Å². The van der Waals surface area contributed by atoms with Gasteiger partial charge in [0.05, 0.1) is 10.7 Å². The van der Waals surface area contributed by atoms with Crippen LogP contribution in [0.5, 0.6) is 0 Å². The predicted molar refractivity (Wildman–Crippen MR) is 115 cm³/mol. The Morgan fingerprint density at radius 2 is 1.96 bits per heavy atom. The molecule has 2 heterocycles. The molecule has 0 aliphatic carbocycles. The van der Waals surface area contributed by atoms with Crippen LogP contribution in [-0.2, 0) is 6.42 Å². The van der Waals surface area contributed by atoms with Crippen LogP contribution in [0.25, 0.3) is 0 Å². The van der Waals surface area contributed by atoms with Crippen molar-refractivity contribution < 1.29 is 0 Å². The van der Waals surface area contributed by atoms with E-state index in [2.05, 4.69) is 74.7 Å². The molecule has 1 aliphatic heterocycles. The Kier molecular flexibility index (Phi) is 7.24.